The highest BCUT2D eigenvalue weighted by Crippen LogP contribution is 2.28. The van der Waals surface area contributed by atoms with E-state index >= 15 is 0 Å². The van der Waals surface area contributed by atoms with Crippen LogP contribution in [-0.2, 0) is 0 Å². The fourth-order valence-electron chi connectivity index (χ4n) is 1.86. The number of nitrogens with one attached hydrogen (secondary N) is 1. The lowest BCUT2D eigenvalue weighted by atomic mass is 10.2. The van der Waals surface area contributed by atoms with Gasteiger partial charge < -0.3 is 5.32 Å². The first-order chi connectivity index (χ1) is 7.33. The highest BCUT2D eigenvalue weighted by atomic mass is 32.2. The van der Waals surface area contributed by atoms with Crippen molar-refractivity contribution >= 4 is 11.8 Å². The molecule has 1 aromatic rings. The SMILES string of the molecule is CCNC(C)c1nnnn1C1CCSC1. The van der Waals surface area contributed by atoms with Crippen molar-refractivity contribution < 1.29 is 0 Å². The number of thioether (sulfide) groups is 1. The third-order valence-electron chi connectivity index (χ3n) is 2.67. The Morgan fingerprint density at radius 2 is 2.53 bits per heavy atom. The first-order valence-corrected chi connectivity index (χ1v) is 6.57. The van der Waals surface area contributed by atoms with Gasteiger partial charge >= 0.3 is 0 Å². The highest BCUT2D eigenvalue weighted by Gasteiger charge is 2.23. The average molecular weight is 227 g/mol. The molecule has 0 saturated carbocycles. The lowest BCUT2D eigenvalue weighted by Gasteiger charge is -2.15. The summed E-state index contributed by atoms with van der Waals surface area (Å²) in [5, 5.41) is 15.3. The third kappa shape index (κ3) is 2.31. The minimum absolute atomic E-state index is 0.232. The number of nitrogens with zero attached hydrogens (tertiary/aromatic N) is 4. The van der Waals surface area contributed by atoms with Crippen LogP contribution in [0.5, 0.6) is 0 Å². The molecule has 2 atom stereocenters. The average Bonchev–Trinajstić information content (AvgIpc) is 2.88. The first kappa shape index (κ1) is 10.9. The van der Waals surface area contributed by atoms with Gasteiger partial charge in [0.15, 0.2) is 5.82 Å². The molecular weight excluding hydrogens is 210 g/mol. The molecule has 0 amide bonds. The highest BCUT2D eigenvalue weighted by molar-refractivity contribution is 7.99. The molecule has 1 fully saturated rings. The zero-order valence-corrected chi connectivity index (χ0v) is 10.00. The fourth-order valence-corrected chi connectivity index (χ4v) is 3.04. The largest absolute Gasteiger partial charge is 0.308 e. The van der Waals surface area contributed by atoms with Crippen molar-refractivity contribution in [1.82, 2.24) is 25.5 Å². The summed E-state index contributed by atoms with van der Waals surface area (Å²) in [6.07, 6.45) is 1.18. The zero-order chi connectivity index (χ0) is 10.7. The van der Waals surface area contributed by atoms with Crippen LogP contribution in [0.4, 0.5) is 0 Å². The summed E-state index contributed by atoms with van der Waals surface area (Å²) >= 11 is 1.98. The molecule has 0 aliphatic carbocycles. The Morgan fingerprint density at radius 1 is 1.67 bits per heavy atom. The van der Waals surface area contributed by atoms with Gasteiger partial charge in [-0.25, -0.2) is 4.68 Å². The normalized spacial score (nSPS) is 23.2. The van der Waals surface area contributed by atoms with Gasteiger partial charge in [0.25, 0.3) is 0 Å². The van der Waals surface area contributed by atoms with E-state index < -0.39 is 0 Å². The number of tetrazole rings is 1. The lowest BCUT2D eigenvalue weighted by Crippen LogP contribution is -2.24. The summed E-state index contributed by atoms with van der Waals surface area (Å²) in [5.41, 5.74) is 0. The maximum absolute atomic E-state index is 4.11. The van der Waals surface area contributed by atoms with Crippen LogP contribution < -0.4 is 5.32 Å². The van der Waals surface area contributed by atoms with Gasteiger partial charge in [0, 0.05) is 5.75 Å². The zero-order valence-electron chi connectivity index (χ0n) is 9.18. The molecule has 84 valence electrons. The molecule has 5 nitrogen and oxygen atoms in total. The van der Waals surface area contributed by atoms with E-state index in [1.165, 1.54) is 12.2 Å². The van der Waals surface area contributed by atoms with Gasteiger partial charge in [0.05, 0.1) is 12.1 Å². The van der Waals surface area contributed by atoms with Crippen molar-refractivity contribution in [2.24, 2.45) is 0 Å². The maximum atomic E-state index is 4.11. The smallest absolute Gasteiger partial charge is 0.168 e. The van der Waals surface area contributed by atoms with Crippen LogP contribution in [0, 0.1) is 0 Å². The van der Waals surface area contributed by atoms with Crippen molar-refractivity contribution in [3.05, 3.63) is 5.82 Å². The molecule has 2 heterocycles. The first-order valence-electron chi connectivity index (χ1n) is 5.41. The van der Waals surface area contributed by atoms with E-state index in [2.05, 4.69) is 34.7 Å². The topological polar surface area (TPSA) is 55.6 Å². The molecule has 1 aliphatic heterocycles. The van der Waals surface area contributed by atoms with E-state index in [9.17, 15) is 0 Å². The molecule has 0 radical (unpaired) electrons. The summed E-state index contributed by atoms with van der Waals surface area (Å²) in [5.74, 6) is 3.32. The van der Waals surface area contributed by atoms with Gasteiger partial charge in [-0.1, -0.05) is 6.92 Å². The molecule has 0 spiro atoms. The molecule has 2 rings (SSSR count). The van der Waals surface area contributed by atoms with Gasteiger partial charge in [-0.3, -0.25) is 0 Å². The monoisotopic (exact) mass is 227 g/mol. The van der Waals surface area contributed by atoms with Gasteiger partial charge in [0.2, 0.25) is 0 Å². The Kier molecular flexibility index (Phi) is 3.58. The molecule has 15 heavy (non-hydrogen) atoms. The molecule has 1 aliphatic rings. The van der Waals surface area contributed by atoms with Crippen molar-refractivity contribution in [3.8, 4) is 0 Å². The third-order valence-corrected chi connectivity index (χ3v) is 3.81. The molecule has 1 N–H and O–H groups in total. The maximum Gasteiger partial charge on any atom is 0.168 e. The Morgan fingerprint density at radius 3 is 3.20 bits per heavy atom. The van der Waals surface area contributed by atoms with E-state index in [0.29, 0.717) is 6.04 Å². The summed E-state index contributed by atoms with van der Waals surface area (Å²) in [4.78, 5) is 0. The molecule has 1 saturated heterocycles. The van der Waals surface area contributed by atoms with Crippen LogP contribution >= 0.6 is 11.8 Å². The Balaban J connectivity index is 2.13. The minimum Gasteiger partial charge on any atom is -0.308 e. The second-order valence-corrected chi connectivity index (χ2v) is 4.93. The van der Waals surface area contributed by atoms with Gasteiger partial charge in [0.1, 0.15) is 0 Å². The fraction of sp³-hybridized carbons (Fsp3) is 0.889. The molecule has 6 heteroatoms. The predicted octanol–water partition coefficient (Wildman–Crippen LogP) is 1.02. The van der Waals surface area contributed by atoms with Crippen molar-refractivity contribution in [2.45, 2.75) is 32.4 Å². The summed E-state index contributed by atoms with van der Waals surface area (Å²) in [6, 6.07) is 0.719. The Labute approximate surface area is 94.0 Å². The summed E-state index contributed by atoms with van der Waals surface area (Å²) in [6.45, 7) is 5.14. The van der Waals surface area contributed by atoms with Crippen molar-refractivity contribution in [3.63, 3.8) is 0 Å². The number of hydrogen-bond acceptors (Lipinski definition) is 5. The Bertz CT molecular complexity index is 307. The number of aromatic nitrogens is 4. The molecule has 2 unspecified atom stereocenters. The van der Waals surface area contributed by atoms with Gasteiger partial charge in [-0.15, -0.1) is 5.10 Å². The van der Waals surface area contributed by atoms with Gasteiger partial charge in [-0.05, 0) is 36.1 Å². The van der Waals surface area contributed by atoms with E-state index in [-0.39, 0.29) is 6.04 Å². The molecular formula is C9H17N5S. The molecule has 1 aromatic heterocycles. The second kappa shape index (κ2) is 4.94. The van der Waals surface area contributed by atoms with E-state index in [0.717, 1.165) is 18.1 Å². The number of rotatable bonds is 4. The standard InChI is InChI=1S/C9H17N5S/c1-3-10-7(2)9-11-12-13-14(9)8-4-5-15-6-8/h7-8,10H,3-6H2,1-2H3. The molecule has 0 bridgehead atoms. The van der Waals surface area contributed by atoms with Crippen LogP contribution in [-0.4, -0.2) is 38.3 Å². The molecule has 0 aromatic carbocycles. The van der Waals surface area contributed by atoms with Crippen LogP contribution in [0.2, 0.25) is 0 Å². The van der Waals surface area contributed by atoms with Gasteiger partial charge in [-0.2, -0.15) is 11.8 Å². The lowest BCUT2D eigenvalue weighted by molar-refractivity contribution is 0.436. The van der Waals surface area contributed by atoms with Crippen LogP contribution in [0.3, 0.4) is 0 Å². The Hall–Kier alpha value is -0.620. The van der Waals surface area contributed by atoms with Crippen molar-refractivity contribution in [2.75, 3.05) is 18.1 Å². The van der Waals surface area contributed by atoms with E-state index in [4.69, 9.17) is 0 Å². The predicted molar refractivity (Wildman–Crippen MR) is 60.9 cm³/mol. The van der Waals surface area contributed by atoms with Crippen LogP contribution in [0.25, 0.3) is 0 Å². The quantitative estimate of drug-likeness (QED) is 0.832. The van der Waals surface area contributed by atoms with Crippen molar-refractivity contribution in [1.29, 1.82) is 0 Å². The van der Waals surface area contributed by atoms with Crippen LogP contribution in [0.1, 0.15) is 38.2 Å². The summed E-state index contributed by atoms with van der Waals surface area (Å²) in [7, 11) is 0. The minimum atomic E-state index is 0.232. The second-order valence-electron chi connectivity index (χ2n) is 3.78. The van der Waals surface area contributed by atoms with E-state index in [1.807, 2.05) is 16.4 Å². The summed E-state index contributed by atoms with van der Waals surface area (Å²) < 4.78 is 1.99. The van der Waals surface area contributed by atoms with Crippen LogP contribution in [0.15, 0.2) is 0 Å². The van der Waals surface area contributed by atoms with E-state index in [1.54, 1.807) is 0 Å². The number of hydrogen-bond donors (Lipinski definition) is 1.